The minimum Gasteiger partial charge on any atom is -0.490 e. The summed E-state index contributed by atoms with van der Waals surface area (Å²) in [6.45, 7) is 17.0. The van der Waals surface area contributed by atoms with Crippen LogP contribution < -0.4 is 9.47 Å². The topological polar surface area (TPSA) is 38.8 Å². The van der Waals surface area contributed by atoms with E-state index in [4.69, 9.17) is 9.47 Å². The van der Waals surface area contributed by atoms with Gasteiger partial charge < -0.3 is 9.47 Å². The summed E-state index contributed by atoms with van der Waals surface area (Å²) in [7, 11) is 0. The van der Waals surface area contributed by atoms with E-state index in [0.29, 0.717) is 35.8 Å². The summed E-state index contributed by atoms with van der Waals surface area (Å²) in [5.41, 5.74) is 1.52. The van der Waals surface area contributed by atoms with Crippen LogP contribution in [0.5, 0.6) is 11.5 Å². The quantitative estimate of drug-likeness (QED) is 0.283. The van der Waals surface area contributed by atoms with Crippen molar-refractivity contribution in [2.75, 3.05) is 32.8 Å². The van der Waals surface area contributed by atoms with Gasteiger partial charge in [0.25, 0.3) is 0 Å². The number of ether oxygens (including phenoxy) is 2. The summed E-state index contributed by atoms with van der Waals surface area (Å²) in [6.07, 6.45) is 10.8. The largest absolute Gasteiger partial charge is 0.490 e. The van der Waals surface area contributed by atoms with Crippen molar-refractivity contribution in [3.05, 3.63) is 71.4 Å². The molecule has 1 aromatic carbocycles. The standard InChI is InChI=1S/C27H34FNO3.C2H6/c1-5-8-9-10-20(4)19-29-13-11-21(12-14-29)17-27(28)18-22-15-24(31-6-2)25(32-7-3)16-23(22)26(27)30;1-2/h5,8-11,15-16H,1,6-7,12-14,17-19H2,2-4H3;1-2H3/b9-8-,20-10+;. The molecule has 2 aliphatic rings. The number of hydrogen-bond acceptors (Lipinski definition) is 4. The number of halogens is 1. The Morgan fingerprint density at radius 3 is 2.44 bits per heavy atom. The lowest BCUT2D eigenvalue weighted by molar-refractivity contribution is 0.0716. The minimum absolute atomic E-state index is 0.0895. The lowest BCUT2D eigenvalue weighted by atomic mass is 9.89. The molecule has 1 aliphatic carbocycles. The van der Waals surface area contributed by atoms with Crippen LogP contribution in [0.2, 0.25) is 0 Å². The highest BCUT2D eigenvalue weighted by Gasteiger charge is 2.47. The Kier molecular flexibility index (Phi) is 10.8. The molecule has 5 heteroatoms. The SMILES string of the molecule is C=C/C=C\C=C(/C)CN1CC=C(CC2(F)Cc3cc(OCC)c(OCC)cc3C2=O)CC1.CC. The Morgan fingerprint density at radius 2 is 1.85 bits per heavy atom. The molecule has 0 spiro atoms. The molecule has 1 aromatic rings. The van der Waals surface area contributed by atoms with Gasteiger partial charge >= 0.3 is 0 Å². The molecule has 34 heavy (non-hydrogen) atoms. The highest BCUT2D eigenvalue weighted by atomic mass is 19.1. The molecule has 3 rings (SSSR count). The van der Waals surface area contributed by atoms with Gasteiger partial charge in [0.05, 0.1) is 13.2 Å². The fraction of sp³-hybridized carbons (Fsp3) is 0.483. The van der Waals surface area contributed by atoms with Crippen LogP contribution in [0, 0.1) is 0 Å². The summed E-state index contributed by atoms with van der Waals surface area (Å²) in [5, 5.41) is 0. The Balaban J connectivity index is 0.00000199. The number of benzene rings is 1. The van der Waals surface area contributed by atoms with Crippen LogP contribution >= 0.6 is 0 Å². The molecular formula is C29H40FNO3. The zero-order valence-corrected chi connectivity index (χ0v) is 21.5. The molecule has 186 valence electrons. The molecule has 0 fully saturated rings. The summed E-state index contributed by atoms with van der Waals surface area (Å²) < 4.78 is 27.2. The maximum atomic E-state index is 15.9. The summed E-state index contributed by atoms with van der Waals surface area (Å²) in [4.78, 5) is 15.4. The molecule has 0 saturated carbocycles. The fourth-order valence-electron chi connectivity index (χ4n) is 4.38. The third-order valence-electron chi connectivity index (χ3n) is 5.89. The van der Waals surface area contributed by atoms with Crippen LogP contribution in [0.15, 0.2) is 60.2 Å². The van der Waals surface area contributed by atoms with Gasteiger partial charge in [-0.25, -0.2) is 4.39 Å². The van der Waals surface area contributed by atoms with Crippen molar-refractivity contribution in [1.29, 1.82) is 0 Å². The number of nitrogens with zero attached hydrogens (tertiary/aromatic N) is 1. The maximum Gasteiger partial charge on any atom is 0.201 e. The van der Waals surface area contributed by atoms with Crippen LogP contribution in [0.1, 0.15) is 63.4 Å². The highest BCUT2D eigenvalue weighted by Crippen LogP contribution is 2.43. The molecule has 0 N–H and O–H groups in total. The van der Waals surface area contributed by atoms with Gasteiger partial charge in [-0.1, -0.05) is 62.0 Å². The third kappa shape index (κ3) is 6.92. The van der Waals surface area contributed by atoms with Gasteiger partial charge in [0.1, 0.15) is 0 Å². The smallest absolute Gasteiger partial charge is 0.201 e. The van der Waals surface area contributed by atoms with Crippen molar-refractivity contribution in [3.8, 4) is 11.5 Å². The first-order valence-electron chi connectivity index (χ1n) is 12.4. The van der Waals surface area contributed by atoms with Crippen molar-refractivity contribution in [3.63, 3.8) is 0 Å². The number of fused-ring (bicyclic) bond motifs is 1. The van der Waals surface area contributed by atoms with E-state index >= 15 is 4.39 Å². The normalized spacial score (nSPS) is 20.5. The number of carbonyl (C=O) groups excluding carboxylic acids is 1. The summed E-state index contributed by atoms with van der Waals surface area (Å²) >= 11 is 0. The number of Topliss-reactive ketones (excluding diaryl/α,β-unsaturated/α-hetero) is 1. The highest BCUT2D eigenvalue weighted by molar-refractivity contribution is 6.07. The van der Waals surface area contributed by atoms with Crippen LogP contribution in [0.25, 0.3) is 0 Å². The Hall–Kier alpha value is -2.66. The van der Waals surface area contributed by atoms with Gasteiger partial charge in [0.15, 0.2) is 17.2 Å². The van der Waals surface area contributed by atoms with Gasteiger partial charge in [-0.05, 0) is 44.9 Å². The molecule has 0 saturated heterocycles. The number of allylic oxidation sites excluding steroid dienone is 4. The average molecular weight is 470 g/mol. The van der Waals surface area contributed by atoms with E-state index in [9.17, 15) is 4.79 Å². The molecule has 1 heterocycles. The van der Waals surface area contributed by atoms with E-state index in [2.05, 4.69) is 30.6 Å². The van der Waals surface area contributed by atoms with E-state index in [1.807, 2.05) is 39.8 Å². The predicted octanol–water partition coefficient (Wildman–Crippen LogP) is 6.67. The second-order valence-electron chi connectivity index (χ2n) is 8.45. The van der Waals surface area contributed by atoms with Gasteiger partial charge in [-0.15, -0.1) is 0 Å². The molecular weight excluding hydrogens is 429 g/mol. The first kappa shape index (κ1) is 27.6. The van der Waals surface area contributed by atoms with Crippen molar-refractivity contribution in [2.24, 2.45) is 0 Å². The van der Waals surface area contributed by atoms with Gasteiger partial charge in [-0.3, -0.25) is 9.69 Å². The Labute approximate surface area is 204 Å². The van der Waals surface area contributed by atoms with Crippen molar-refractivity contribution >= 4 is 5.78 Å². The van der Waals surface area contributed by atoms with Crippen molar-refractivity contribution in [1.82, 2.24) is 4.90 Å². The summed E-state index contributed by atoms with van der Waals surface area (Å²) in [5.74, 6) is 0.640. The Morgan fingerprint density at radius 1 is 1.18 bits per heavy atom. The zero-order valence-electron chi connectivity index (χ0n) is 21.5. The number of carbonyl (C=O) groups is 1. The number of hydrogen-bond donors (Lipinski definition) is 0. The van der Waals surface area contributed by atoms with Crippen LogP contribution in [0.3, 0.4) is 0 Å². The molecule has 0 radical (unpaired) electrons. The molecule has 0 bridgehead atoms. The van der Waals surface area contributed by atoms with E-state index in [1.165, 1.54) is 5.57 Å². The molecule has 1 atom stereocenters. The van der Waals surface area contributed by atoms with E-state index in [0.717, 1.165) is 31.6 Å². The van der Waals surface area contributed by atoms with Gasteiger partial charge in [0, 0.05) is 38.0 Å². The molecule has 1 aliphatic heterocycles. The number of rotatable bonds is 10. The lowest BCUT2D eigenvalue weighted by Crippen LogP contribution is -2.35. The van der Waals surface area contributed by atoms with Crippen molar-refractivity contribution < 1.29 is 18.7 Å². The average Bonchev–Trinajstić information content (AvgIpc) is 3.06. The number of ketones is 1. The zero-order chi connectivity index (χ0) is 25.1. The first-order chi connectivity index (χ1) is 16.4. The second kappa shape index (κ2) is 13.3. The molecule has 0 aromatic heterocycles. The molecule has 1 unspecified atom stereocenters. The summed E-state index contributed by atoms with van der Waals surface area (Å²) in [6, 6.07) is 3.43. The minimum atomic E-state index is -1.89. The first-order valence-corrected chi connectivity index (χ1v) is 12.4. The van der Waals surface area contributed by atoms with E-state index in [-0.39, 0.29) is 12.8 Å². The predicted molar refractivity (Wildman–Crippen MR) is 139 cm³/mol. The van der Waals surface area contributed by atoms with E-state index < -0.39 is 11.5 Å². The molecule has 4 nitrogen and oxygen atoms in total. The van der Waals surface area contributed by atoms with Crippen LogP contribution in [-0.2, 0) is 6.42 Å². The Bertz CT molecular complexity index is 947. The second-order valence-corrected chi connectivity index (χ2v) is 8.45. The van der Waals surface area contributed by atoms with Gasteiger partial charge in [-0.2, -0.15) is 0 Å². The van der Waals surface area contributed by atoms with E-state index in [1.54, 1.807) is 18.2 Å². The maximum absolute atomic E-state index is 15.9. The van der Waals surface area contributed by atoms with Crippen LogP contribution in [-0.4, -0.2) is 49.2 Å². The van der Waals surface area contributed by atoms with Crippen LogP contribution in [0.4, 0.5) is 4.39 Å². The van der Waals surface area contributed by atoms with Gasteiger partial charge in [0.2, 0.25) is 5.78 Å². The number of alkyl halides is 1. The third-order valence-corrected chi connectivity index (χ3v) is 5.89. The fourth-order valence-corrected chi connectivity index (χ4v) is 4.38. The molecule has 0 amide bonds. The monoisotopic (exact) mass is 469 g/mol. The van der Waals surface area contributed by atoms with Crippen molar-refractivity contribution in [2.45, 2.75) is 59.5 Å². The lowest BCUT2D eigenvalue weighted by Gasteiger charge is -2.28.